The number of benzene rings is 2. The molecule has 6 rings (SSSR count). The first-order valence-electron chi connectivity index (χ1n) is 14.4. The van der Waals surface area contributed by atoms with Crippen LogP contribution in [0.5, 0.6) is 0 Å². The summed E-state index contributed by atoms with van der Waals surface area (Å²) in [7, 11) is 4.04. The van der Waals surface area contributed by atoms with E-state index in [2.05, 4.69) is 79.8 Å². The minimum Gasteiger partial charge on any atom is -0.355 e. The largest absolute Gasteiger partial charge is 0.355 e. The Kier molecular flexibility index (Phi) is 7.76. The van der Waals surface area contributed by atoms with Crippen molar-refractivity contribution in [1.29, 1.82) is 0 Å². The fourth-order valence-electron chi connectivity index (χ4n) is 5.64. The van der Waals surface area contributed by atoms with Gasteiger partial charge in [-0.1, -0.05) is 54.6 Å². The van der Waals surface area contributed by atoms with Crippen molar-refractivity contribution in [3.63, 3.8) is 0 Å². The van der Waals surface area contributed by atoms with E-state index in [0.717, 1.165) is 83.8 Å². The van der Waals surface area contributed by atoms with E-state index in [9.17, 15) is 4.79 Å². The van der Waals surface area contributed by atoms with Crippen LogP contribution in [-0.2, 0) is 11.3 Å². The summed E-state index contributed by atoms with van der Waals surface area (Å²) in [6.45, 7) is 6.30. The van der Waals surface area contributed by atoms with Gasteiger partial charge in [0.15, 0.2) is 11.3 Å². The summed E-state index contributed by atoms with van der Waals surface area (Å²) in [6.07, 6.45) is 3.70. The van der Waals surface area contributed by atoms with Gasteiger partial charge in [0.1, 0.15) is 0 Å². The van der Waals surface area contributed by atoms with Crippen LogP contribution in [0.1, 0.15) is 24.1 Å². The van der Waals surface area contributed by atoms with Crippen molar-refractivity contribution in [2.45, 2.75) is 26.3 Å². The van der Waals surface area contributed by atoms with Crippen molar-refractivity contribution in [3.8, 4) is 22.4 Å². The summed E-state index contributed by atoms with van der Waals surface area (Å²) in [5, 5.41) is 8.70. The third-order valence-electron chi connectivity index (χ3n) is 7.92. The number of hydrogen-bond acceptors (Lipinski definition) is 6. The lowest BCUT2D eigenvalue weighted by Crippen LogP contribution is -2.41. The number of hydrogen-bond donors (Lipinski definition) is 1. The molecule has 1 fully saturated rings. The standard InChI is InChI=1S/C33H37N7O/c1-23-19-30-35-21-28-20-29(25-7-5-4-6-8-25)31(36-32(28)40(30)37-23)26-11-9-24(10-12-26)22-39-16-13-27(14-17-39)33(41)34-15-18-38(2)3/h4-12,19-21,27H,13-18,22H2,1-3H3,(H,34,41). The quantitative estimate of drug-likeness (QED) is 0.300. The molecular formula is C33H37N7O. The number of likely N-dealkylation sites (tertiary alicyclic amines) is 1. The number of pyridine rings is 1. The molecule has 3 aromatic heterocycles. The molecule has 5 aromatic rings. The average Bonchev–Trinajstić information content (AvgIpc) is 3.38. The van der Waals surface area contributed by atoms with Crippen LogP contribution >= 0.6 is 0 Å². The number of rotatable bonds is 8. The summed E-state index contributed by atoms with van der Waals surface area (Å²) >= 11 is 0. The van der Waals surface area contributed by atoms with Crippen molar-refractivity contribution < 1.29 is 4.79 Å². The summed E-state index contributed by atoms with van der Waals surface area (Å²) in [5.41, 5.74) is 7.96. The van der Waals surface area contributed by atoms with Crippen LogP contribution in [0, 0.1) is 12.8 Å². The van der Waals surface area contributed by atoms with Gasteiger partial charge >= 0.3 is 0 Å². The predicted octanol–water partition coefficient (Wildman–Crippen LogP) is 4.81. The van der Waals surface area contributed by atoms with Crippen LogP contribution in [-0.4, -0.2) is 75.6 Å². The van der Waals surface area contributed by atoms with Gasteiger partial charge in [-0.3, -0.25) is 9.69 Å². The number of aromatic nitrogens is 4. The number of carbonyl (C=O) groups is 1. The maximum atomic E-state index is 12.5. The number of amides is 1. The number of likely N-dealkylation sites (N-methyl/N-ethyl adjacent to an activating group) is 1. The minimum atomic E-state index is 0.117. The molecule has 2 aromatic carbocycles. The van der Waals surface area contributed by atoms with E-state index in [0.29, 0.717) is 6.54 Å². The number of carbonyl (C=O) groups excluding carboxylic acids is 1. The van der Waals surface area contributed by atoms with E-state index in [1.807, 2.05) is 43.9 Å². The van der Waals surface area contributed by atoms with Gasteiger partial charge in [0.25, 0.3) is 0 Å². The zero-order valence-corrected chi connectivity index (χ0v) is 24.0. The molecule has 1 amide bonds. The van der Waals surface area contributed by atoms with Gasteiger partial charge in [0, 0.05) is 54.3 Å². The van der Waals surface area contributed by atoms with E-state index in [4.69, 9.17) is 4.98 Å². The second-order valence-electron chi connectivity index (χ2n) is 11.3. The second-order valence-corrected chi connectivity index (χ2v) is 11.3. The lowest BCUT2D eigenvalue weighted by Gasteiger charge is -2.31. The zero-order valence-electron chi connectivity index (χ0n) is 24.0. The van der Waals surface area contributed by atoms with Gasteiger partial charge in [-0.05, 0) is 64.1 Å². The predicted molar refractivity (Wildman–Crippen MR) is 163 cm³/mol. The van der Waals surface area contributed by atoms with Gasteiger partial charge in [-0.2, -0.15) is 9.61 Å². The summed E-state index contributed by atoms with van der Waals surface area (Å²) < 4.78 is 1.84. The number of nitrogens with one attached hydrogen (secondary N) is 1. The molecule has 210 valence electrons. The summed E-state index contributed by atoms with van der Waals surface area (Å²) in [6, 6.07) is 23.3. The van der Waals surface area contributed by atoms with Crippen molar-refractivity contribution in [2.75, 3.05) is 40.3 Å². The Balaban J connectivity index is 1.21. The third-order valence-corrected chi connectivity index (χ3v) is 7.92. The van der Waals surface area contributed by atoms with Gasteiger partial charge < -0.3 is 10.2 Å². The van der Waals surface area contributed by atoms with E-state index in [1.165, 1.54) is 5.56 Å². The molecular weight excluding hydrogens is 510 g/mol. The molecule has 8 nitrogen and oxygen atoms in total. The van der Waals surface area contributed by atoms with Crippen LogP contribution < -0.4 is 5.32 Å². The third kappa shape index (κ3) is 5.99. The maximum absolute atomic E-state index is 12.5. The highest BCUT2D eigenvalue weighted by atomic mass is 16.1. The number of aryl methyl sites for hydroxylation is 1. The highest BCUT2D eigenvalue weighted by molar-refractivity contribution is 5.90. The lowest BCUT2D eigenvalue weighted by atomic mass is 9.95. The Morgan fingerprint density at radius 1 is 1.00 bits per heavy atom. The molecule has 41 heavy (non-hydrogen) atoms. The molecule has 0 spiro atoms. The molecule has 0 aliphatic carbocycles. The summed E-state index contributed by atoms with van der Waals surface area (Å²) in [5.74, 6) is 0.317. The SMILES string of the molecule is Cc1cc2ncc3cc(-c4ccccc4)c(-c4ccc(CN5CCC(C(=O)NCCN(C)C)CC5)cc4)nc3n2n1. The fourth-order valence-corrected chi connectivity index (χ4v) is 5.64. The molecule has 1 saturated heterocycles. The maximum Gasteiger partial charge on any atom is 0.223 e. The first-order chi connectivity index (χ1) is 19.9. The first-order valence-corrected chi connectivity index (χ1v) is 14.4. The minimum absolute atomic E-state index is 0.117. The van der Waals surface area contributed by atoms with Gasteiger partial charge in [-0.15, -0.1) is 0 Å². The Morgan fingerprint density at radius 2 is 1.76 bits per heavy atom. The molecule has 1 aliphatic heterocycles. The number of piperidine rings is 1. The summed E-state index contributed by atoms with van der Waals surface area (Å²) in [4.78, 5) is 26.8. The zero-order chi connectivity index (χ0) is 28.3. The first kappa shape index (κ1) is 27.1. The molecule has 1 N–H and O–H groups in total. The van der Waals surface area contributed by atoms with Gasteiger partial charge in [0.05, 0.1) is 11.4 Å². The Hall–Kier alpha value is -4.14. The van der Waals surface area contributed by atoms with E-state index in [-0.39, 0.29) is 11.8 Å². The smallest absolute Gasteiger partial charge is 0.223 e. The Morgan fingerprint density at radius 3 is 2.49 bits per heavy atom. The Labute approximate surface area is 241 Å². The molecule has 0 radical (unpaired) electrons. The van der Waals surface area contributed by atoms with Gasteiger partial charge in [0.2, 0.25) is 5.91 Å². The normalized spacial score (nSPS) is 14.7. The van der Waals surface area contributed by atoms with Crippen molar-refractivity contribution >= 4 is 22.6 Å². The molecule has 8 heteroatoms. The van der Waals surface area contributed by atoms with Crippen LogP contribution in [0.4, 0.5) is 0 Å². The molecule has 0 unspecified atom stereocenters. The fraction of sp³-hybridized carbons (Fsp3) is 0.333. The second kappa shape index (κ2) is 11.8. The van der Waals surface area contributed by atoms with E-state index < -0.39 is 0 Å². The topological polar surface area (TPSA) is 78.7 Å². The molecule has 0 saturated carbocycles. The van der Waals surface area contributed by atoms with E-state index in [1.54, 1.807) is 0 Å². The monoisotopic (exact) mass is 547 g/mol. The van der Waals surface area contributed by atoms with Crippen LogP contribution in [0.15, 0.2) is 72.9 Å². The Bertz CT molecular complexity index is 1650. The van der Waals surface area contributed by atoms with Crippen LogP contribution in [0.25, 0.3) is 39.1 Å². The molecule has 4 heterocycles. The number of fused-ring (bicyclic) bond motifs is 3. The molecule has 0 atom stereocenters. The van der Waals surface area contributed by atoms with Crippen LogP contribution in [0.3, 0.4) is 0 Å². The number of nitrogens with zero attached hydrogens (tertiary/aromatic N) is 6. The van der Waals surface area contributed by atoms with E-state index >= 15 is 0 Å². The highest BCUT2D eigenvalue weighted by Crippen LogP contribution is 2.34. The van der Waals surface area contributed by atoms with Crippen LogP contribution in [0.2, 0.25) is 0 Å². The van der Waals surface area contributed by atoms with Crippen molar-refractivity contribution in [1.82, 2.24) is 34.7 Å². The molecule has 1 aliphatic rings. The van der Waals surface area contributed by atoms with Gasteiger partial charge in [-0.25, -0.2) is 9.97 Å². The lowest BCUT2D eigenvalue weighted by molar-refractivity contribution is -0.126. The average molecular weight is 548 g/mol. The molecule has 0 bridgehead atoms. The highest BCUT2D eigenvalue weighted by Gasteiger charge is 2.25. The van der Waals surface area contributed by atoms with Crippen molar-refractivity contribution in [2.24, 2.45) is 5.92 Å². The van der Waals surface area contributed by atoms with Crippen molar-refractivity contribution in [3.05, 3.63) is 84.2 Å².